The summed E-state index contributed by atoms with van der Waals surface area (Å²) in [6.45, 7) is 36.5. The minimum Gasteiger partial charge on any atom is -0.326 e. The van der Waals surface area contributed by atoms with Gasteiger partial charge in [-0.25, -0.2) is 9.00 Å². The average Bonchev–Trinajstić information content (AvgIpc) is 1.63. The fraction of sp³-hybridized carbons (Fsp3) is 0.333. The summed E-state index contributed by atoms with van der Waals surface area (Å²) in [5.74, 6) is 8.73. The van der Waals surface area contributed by atoms with Crippen molar-refractivity contribution in [2.45, 2.75) is 190 Å². The largest absolute Gasteiger partial charge is 0.326 e. The monoisotopic (exact) mass is 1770 g/mol. The van der Waals surface area contributed by atoms with E-state index in [1.54, 1.807) is 4.90 Å². The van der Waals surface area contributed by atoms with Crippen LogP contribution in [0.5, 0.6) is 0 Å². The molecule has 0 radical (unpaired) electrons. The molecule has 12 aromatic rings. The lowest BCUT2D eigenvalue weighted by atomic mass is 9.93. The molecule has 1 atom stereocenters. The van der Waals surface area contributed by atoms with Crippen molar-refractivity contribution in [3.63, 3.8) is 0 Å². The van der Waals surface area contributed by atoms with Crippen LogP contribution < -0.4 is 28.8 Å². The first-order chi connectivity index (χ1) is 62.8. The highest BCUT2D eigenvalue weighted by Gasteiger charge is 2.37. The Labute approximate surface area is 781 Å². The molecule has 13 nitrogen and oxygen atoms in total. The van der Waals surface area contributed by atoms with Gasteiger partial charge in [-0.2, -0.15) is 0 Å². The first-order valence-electron chi connectivity index (χ1n) is 47.4. The van der Waals surface area contributed by atoms with E-state index < -0.39 is 9.71 Å². The van der Waals surface area contributed by atoms with E-state index in [2.05, 4.69) is 382 Å². The first-order valence-corrected chi connectivity index (χ1v) is 49.3. The summed E-state index contributed by atoms with van der Waals surface area (Å²) < 4.78 is 14.4. The third-order valence-corrected chi connectivity index (χ3v) is 27.9. The van der Waals surface area contributed by atoms with Gasteiger partial charge in [-0.15, -0.1) is 0 Å². The van der Waals surface area contributed by atoms with Crippen molar-refractivity contribution in [1.82, 2.24) is 4.90 Å². The number of benzene rings is 12. The molecule has 0 bridgehead atoms. The van der Waals surface area contributed by atoms with Gasteiger partial charge in [0.25, 0.3) is 0 Å². The van der Waals surface area contributed by atoms with Crippen molar-refractivity contribution in [2.75, 3.05) is 87.4 Å². The number of hydrogen-bond acceptors (Lipinski definition) is 6. The molecule has 6 heterocycles. The van der Waals surface area contributed by atoms with Crippen LogP contribution in [-0.2, 0) is 28.9 Å². The molecule has 0 spiro atoms. The van der Waals surface area contributed by atoms with Crippen LogP contribution >= 0.6 is 0 Å². The maximum atomic E-state index is 12.4. The lowest BCUT2D eigenvalue weighted by Crippen LogP contribution is -2.35. The van der Waals surface area contributed by atoms with Crippen LogP contribution in [0.25, 0.3) is 66.8 Å². The minimum atomic E-state index is -2.10. The number of amides is 6. The Morgan fingerprint density at radius 1 is 0.275 bits per heavy atom. The molecule has 131 heavy (non-hydrogen) atoms. The fourth-order valence-electron chi connectivity index (χ4n) is 17.6. The van der Waals surface area contributed by atoms with Crippen molar-refractivity contribution >= 4 is 79.4 Å². The fourth-order valence-corrected chi connectivity index (χ4v) is 19.4. The van der Waals surface area contributed by atoms with Crippen LogP contribution in [0.4, 0.5) is 38.9 Å². The van der Waals surface area contributed by atoms with E-state index >= 15 is 0 Å². The molecule has 0 aromatic heterocycles. The number of likely N-dealkylation sites (N-methyl/N-ethyl adjacent to an activating group) is 1. The van der Waals surface area contributed by atoms with Crippen molar-refractivity contribution in [2.24, 2.45) is 5.41 Å². The number of carbonyl (C=O) groups excluding carboxylic acids is 5. The number of anilines is 6. The zero-order valence-corrected chi connectivity index (χ0v) is 80.7. The summed E-state index contributed by atoms with van der Waals surface area (Å²) in [5, 5.41) is 0. The lowest BCUT2D eigenvalue weighted by molar-refractivity contribution is -0.120. The molecule has 0 N–H and O–H groups in total. The summed E-state index contributed by atoms with van der Waals surface area (Å²) in [4.78, 5) is 70.9. The number of hydrogen-bond donors (Lipinski definition) is 0. The van der Waals surface area contributed by atoms with Gasteiger partial charge in [-0.1, -0.05) is 315 Å². The van der Waals surface area contributed by atoms with E-state index in [0.29, 0.717) is 66.9 Å². The number of carbonyl (C=O) groups is 5. The second kappa shape index (κ2) is 44.0. The van der Waals surface area contributed by atoms with Gasteiger partial charge in [0.2, 0.25) is 23.6 Å². The maximum absolute atomic E-state index is 12.4. The highest BCUT2D eigenvalue weighted by molar-refractivity contribution is 8.01. The summed E-state index contributed by atoms with van der Waals surface area (Å²) in [6.07, 6.45) is 7.69. The SMILES string of the molecule is C=S1(=O)CCCN1c1ccc(-c2cccc(C(C)C)c2)cc1.CC(C)c1cccc(-c2ccc(N3CC(C)(C)CC3=O)cc2)c1.CC(C)c1cccc(-c2ccc(N3CCCC3=O)cc2)c1.CC(C)c1cccc(-c2ccc(N3CCCC3=O)cc2)c1.CC(C)c1cccc(-c2ccc(N3CCCCC3=O)cc2)c1.CC(C)c1cccc(-c2ccc(N3CCN(C)C3=O)cc2)c1. The number of nitrogens with zero attached hydrogens (tertiary/aromatic N) is 7. The Hall–Kier alpha value is -12.4. The predicted molar refractivity (Wildman–Crippen MR) is 553 cm³/mol. The molecule has 6 fully saturated rings. The van der Waals surface area contributed by atoms with E-state index in [4.69, 9.17) is 0 Å². The average molecular weight is 1770 g/mol. The van der Waals surface area contributed by atoms with Crippen molar-refractivity contribution in [3.8, 4) is 66.8 Å². The third kappa shape index (κ3) is 25.0. The minimum absolute atomic E-state index is 0.0708. The molecule has 12 aromatic carbocycles. The van der Waals surface area contributed by atoms with E-state index in [9.17, 15) is 28.2 Å². The first kappa shape index (κ1) is 96.2. The van der Waals surface area contributed by atoms with Crippen LogP contribution in [-0.4, -0.2) is 103 Å². The van der Waals surface area contributed by atoms with Gasteiger partial charge in [-0.05, 0) is 252 Å². The Bertz CT molecular complexity index is 5780. The molecule has 0 aliphatic carbocycles. The van der Waals surface area contributed by atoms with Crippen molar-refractivity contribution < 1.29 is 28.2 Å². The number of piperidine rings is 1. The second-order valence-electron chi connectivity index (χ2n) is 38.4. The van der Waals surface area contributed by atoms with Gasteiger partial charge in [0.05, 0.1) is 0 Å². The summed E-state index contributed by atoms with van der Waals surface area (Å²) in [5.41, 5.74) is 28.8. The quantitative estimate of drug-likeness (QED) is 0.0788. The molecule has 1 unspecified atom stereocenters. The summed E-state index contributed by atoms with van der Waals surface area (Å²) >= 11 is 0. The zero-order valence-electron chi connectivity index (χ0n) is 79.9. The molecule has 680 valence electrons. The third-order valence-electron chi connectivity index (χ3n) is 25.8. The van der Waals surface area contributed by atoms with Crippen LogP contribution in [0.3, 0.4) is 0 Å². The number of rotatable bonds is 18. The number of urea groups is 1. The summed E-state index contributed by atoms with van der Waals surface area (Å²) in [7, 11) is -0.261. The maximum Gasteiger partial charge on any atom is 0.324 e. The van der Waals surface area contributed by atoms with E-state index in [0.717, 1.165) is 112 Å². The zero-order chi connectivity index (χ0) is 93.2. The van der Waals surface area contributed by atoms with Crippen molar-refractivity contribution in [1.29, 1.82) is 0 Å². The predicted octanol–water partition coefficient (Wildman–Crippen LogP) is 28.1. The molecule has 6 saturated heterocycles. The standard InChI is InChI=1S/C21H25NO.C20H23NO.C19H22N2O.C19H23NOS.2C19H21NO/c1-15(2)17-6-5-7-18(12-17)16-8-10-19(11-9-16)22-14-21(3,4)13-20(22)23;1-15(2)17-6-5-7-18(14-17)16-9-11-19(12-10-16)21-13-4-3-8-20(21)22;1-14(2)16-5-4-6-17(13-16)15-7-9-18(10-8-15)21-12-11-20(3)19(21)22;1-15(2)17-6-4-7-18(14-17)16-8-10-19(11-9-16)20-12-5-13-22(20,3)21;2*1-14(2)16-5-3-6-17(13-16)15-8-10-18(11-9-15)20-12-4-7-19(20)21/h5-12,15H,13-14H2,1-4H3;5-7,9-12,14-15H,3-4,8,13H2,1-2H3;4-10,13-14H,11-12H2,1-3H3;4,6-11,14-15H,3,5,12-13H2,1-2H3;2*3,5-6,8-11,13-14H,4,7,12H2,1-2H3. The Kier molecular flexibility index (Phi) is 32.3. The molecule has 18 rings (SSSR count). The van der Waals surface area contributed by atoms with Gasteiger partial charge >= 0.3 is 6.03 Å². The van der Waals surface area contributed by atoms with Crippen LogP contribution in [0, 0.1) is 5.41 Å². The highest BCUT2D eigenvalue weighted by atomic mass is 32.2. The molecule has 6 aliphatic heterocycles. The van der Waals surface area contributed by atoms with Gasteiger partial charge < -0.3 is 24.5 Å². The molecule has 14 heteroatoms. The van der Waals surface area contributed by atoms with E-state index in [1.165, 1.54) is 100 Å². The molecule has 0 saturated carbocycles. The van der Waals surface area contributed by atoms with Crippen LogP contribution in [0.1, 0.15) is 224 Å². The molecular weight excluding hydrogens is 1630 g/mol. The van der Waals surface area contributed by atoms with E-state index in [-0.39, 0.29) is 35.1 Å². The second-order valence-corrected chi connectivity index (χ2v) is 40.8. The van der Waals surface area contributed by atoms with Gasteiger partial charge in [0, 0.05) is 128 Å². The molecule has 6 amide bonds. The highest BCUT2D eigenvalue weighted by Crippen LogP contribution is 2.39. The lowest BCUT2D eigenvalue weighted by Gasteiger charge is -2.26. The van der Waals surface area contributed by atoms with Gasteiger partial charge in [0.15, 0.2) is 0 Å². The van der Waals surface area contributed by atoms with Crippen LogP contribution in [0.2, 0.25) is 0 Å². The Morgan fingerprint density at radius 2 is 0.534 bits per heavy atom. The normalized spacial score (nSPS) is 16.5. The topological polar surface area (TPSA) is 125 Å². The smallest absolute Gasteiger partial charge is 0.324 e. The molecule has 6 aliphatic rings. The van der Waals surface area contributed by atoms with Crippen LogP contribution in [0.15, 0.2) is 291 Å². The van der Waals surface area contributed by atoms with Crippen molar-refractivity contribution in [3.05, 3.63) is 325 Å². The molecular formula is C117H135N7O6S. The van der Waals surface area contributed by atoms with E-state index in [1.807, 2.05) is 48.0 Å². The summed E-state index contributed by atoms with van der Waals surface area (Å²) in [6, 6.07) is 102. The Balaban J connectivity index is 0.000000134. The van der Waals surface area contributed by atoms with Gasteiger partial charge in [-0.3, -0.25) is 28.4 Å². The van der Waals surface area contributed by atoms with Gasteiger partial charge in [0.1, 0.15) is 0 Å². The Morgan fingerprint density at radius 3 is 0.763 bits per heavy atom.